The van der Waals surface area contributed by atoms with Crippen LogP contribution in [-0.4, -0.2) is 47.0 Å². The Labute approximate surface area is 332 Å². The summed E-state index contributed by atoms with van der Waals surface area (Å²) in [4.78, 5) is 37.9. The average molecular weight is 771 g/mol. The molecule has 0 atom stereocenters. The average Bonchev–Trinajstić information content (AvgIpc) is 3.14. The molecule has 0 aliphatic carbocycles. The van der Waals surface area contributed by atoms with Crippen LogP contribution in [0.3, 0.4) is 0 Å². The standard InChI is InChI=1S/C45H86O5S2/c1-4-7-10-13-16-19-22-23-26-29-32-35-38-51-41-45(48)52-42(39-49-43(46)36-33-30-27-24-20-17-14-11-8-5-2)40-50-44(47)37-34-31-28-25-21-18-15-12-9-6-3/h42H,4-41H2,1-3H3. The van der Waals surface area contributed by atoms with Crippen LogP contribution in [0.5, 0.6) is 0 Å². The highest BCUT2D eigenvalue weighted by molar-refractivity contribution is 8.16. The van der Waals surface area contributed by atoms with Crippen molar-refractivity contribution >= 4 is 40.6 Å². The Morgan fingerprint density at radius 1 is 0.404 bits per heavy atom. The van der Waals surface area contributed by atoms with E-state index in [4.69, 9.17) is 9.47 Å². The first-order valence-electron chi connectivity index (χ1n) is 22.6. The zero-order chi connectivity index (χ0) is 38.0. The predicted octanol–water partition coefficient (Wildman–Crippen LogP) is 14.8. The summed E-state index contributed by atoms with van der Waals surface area (Å²) in [5, 5.41) is -0.279. The molecule has 0 aliphatic heterocycles. The molecule has 0 amide bonds. The molecule has 0 spiro atoms. The second-order valence-electron chi connectivity index (χ2n) is 15.3. The van der Waals surface area contributed by atoms with Crippen molar-refractivity contribution in [2.24, 2.45) is 0 Å². The minimum absolute atomic E-state index is 0.0745. The molecule has 0 aromatic carbocycles. The zero-order valence-corrected chi connectivity index (χ0v) is 36.4. The van der Waals surface area contributed by atoms with Crippen LogP contribution in [0.15, 0.2) is 0 Å². The fraction of sp³-hybridized carbons (Fsp3) is 0.933. The van der Waals surface area contributed by atoms with Gasteiger partial charge in [0.25, 0.3) is 0 Å². The molecule has 0 unspecified atom stereocenters. The fourth-order valence-electron chi connectivity index (χ4n) is 6.57. The number of hydrogen-bond donors (Lipinski definition) is 0. The predicted molar refractivity (Wildman–Crippen MR) is 230 cm³/mol. The van der Waals surface area contributed by atoms with Gasteiger partial charge in [-0.25, -0.2) is 0 Å². The second kappa shape index (κ2) is 43.0. The Hall–Kier alpha value is -0.690. The molecule has 0 radical (unpaired) electrons. The fourth-order valence-corrected chi connectivity index (χ4v) is 8.45. The smallest absolute Gasteiger partial charge is 0.305 e. The highest BCUT2D eigenvalue weighted by atomic mass is 32.2. The highest BCUT2D eigenvalue weighted by Crippen LogP contribution is 2.20. The Bertz CT molecular complexity index is 737. The van der Waals surface area contributed by atoms with Gasteiger partial charge in [-0.05, 0) is 25.0 Å². The molecule has 0 aromatic rings. The lowest BCUT2D eigenvalue weighted by Gasteiger charge is -2.16. The number of thioether (sulfide) groups is 2. The van der Waals surface area contributed by atoms with Crippen molar-refractivity contribution in [1.29, 1.82) is 0 Å². The molecule has 0 saturated carbocycles. The summed E-state index contributed by atoms with van der Waals surface area (Å²) in [7, 11) is 0. The maximum absolute atomic E-state index is 12.9. The molecule has 0 aliphatic rings. The van der Waals surface area contributed by atoms with Crippen LogP contribution >= 0.6 is 23.5 Å². The number of carbonyl (C=O) groups excluding carboxylic acids is 3. The third-order valence-electron chi connectivity index (χ3n) is 9.99. The lowest BCUT2D eigenvalue weighted by atomic mass is 10.1. The second-order valence-corrected chi connectivity index (χ2v) is 17.7. The van der Waals surface area contributed by atoms with Crippen molar-refractivity contribution < 1.29 is 23.9 Å². The Balaban J connectivity index is 4.31. The van der Waals surface area contributed by atoms with Gasteiger partial charge < -0.3 is 9.47 Å². The first kappa shape index (κ1) is 51.3. The van der Waals surface area contributed by atoms with E-state index in [1.165, 1.54) is 185 Å². The molecule has 52 heavy (non-hydrogen) atoms. The largest absolute Gasteiger partial charge is 0.464 e. The molecule has 0 N–H and O–H groups in total. The van der Waals surface area contributed by atoms with E-state index in [2.05, 4.69) is 20.8 Å². The number of esters is 2. The normalized spacial score (nSPS) is 11.4. The molecule has 0 aromatic heterocycles. The van der Waals surface area contributed by atoms with E-state index in [0.29, 0.717) is 18.6 Å². The van der Waals surface area contributed by atoms with Gasteiger partial charge in [0.05, 0.1) is 11.0 Å². The van der Waals surface area contributed by atoms with Crippen LogP contribution in [0.4, 0.5) is 0 Å². The van der Waals surface area contributed by atoms with Gasteiger partial charge in [0.1, 0.15) is 13.2 Å². The first-order valence-corrected chi connectivity index (χ1v) is 24.6. The monoisotopic (exact) mass is 771 g/mol. The van der Waals surface area contributed by atoms with Gasteiger partial charge in [0.15, 0.2) is 5.12 Å². The van der Waals surface area contributed by atoms with Crippen molar-refractivity contribution in [3.63, 3.8) is 0 Å². The molecular formula is C45H86O5S2. The van der Waals surface area contributed by atoms with Crippen LogP contribution < -0.4 is 0 Å². The minimum atomic E-state index is -0.354. The number of unbranched alkanes of at least 4 members (excludes halogenated alkanes) is 29. The summed E-state index contributed by atoms with van der Waals surface area (Å²) in [6.45, 7) is 7.00. The minimum Gasteiger partial charge on any atom is -0.464 e. The van der Waals surface area contributed by atoms with Crippen molar-refractivity contribution in [2.45, 2.75) is 244 Å². The maximum atomic E-state index is 12.9. The Morgan fingerprint density at radius 2 is 0.692 bits per heavy atom. The van der Waals surface area contributed by atoms with Crippen LogP contribution in [0, 0.1) is 0 Å². The summed E-state index contributed by atoms with van der Waals surface area (Å²) in [6, 6.07) is 0. The summed E-state index contributed by atoms with van der Waals surface area (Å²) in [5.41, 5.74) is 0. The molecule has 0 heterocycles. The van der Waals surface area contributed by atoms with Gasteiger partial charge in [-0.1, -0.05) is 219 Å². The molecule has 0 fully saturated rings. The van der Waals surface area contributed by atoms with Gasteiger partial charge in [0.2, 0.25) is 0 Å². The van der Waals surface area contributed by atoms with E-state index in [-0.39, 0.29) is 35.5 Å². The maximum Gasteiger partial charge on any atom is 0.305 e. The van der Waals surface area contributed by atoms with E-state index in [0.717, 1.165) is 37.9 Å². The summed E-state index contributed by atoms with van der Waals surface area (Å²) in [6.07, 6.45) is 41.3. The van der Waals surface area contributed by atoms with Crippen LogP contribution in [-0.2, 0) is 23.9 Å². The molecule has 0 bridgehead atoms. The Morgan fingerprint density at radius 3 is 1.02 bits per heavy atom. The van der Waals surface area contributed by atoms with Crippen molar-refractivity contribution in [2.75, 3.05) is 24.7 Å². The van der Waals surface area contributed by atoms with E-state index in [1.807, 2.05) is 0 Å². The van der Waals surface area contributed by atoms with Crippen LogP contribution in [0.2, 0.25) is 0 Å². The molecule has 0 saturated heterocycles. The molecular weight excluding hydrogens is 685 g/mol. The number of carbonyl (C=O) groups is 3. The third-order valence-corrected chi connectivity index (χ3v) is 12.2. The quantitative estimate of drug-likeness (QED) is 0.0452. The topological polar surface area (TPSA) is 69.7 Å². The third kappa shape index (κ3) is 40.5. The lowest BCUT2D eigenvalue weighted by molar-refractivity contribution is -0.146. The van der Waals surface area contributed by atoms with E-state index in [9.17, 15) is 14.4 Å². The molecule has 7 heteroatoms. The van der Waals surface area contributed by atoms with Gasteiger partial charge in [-0.2, -0.15) is 11.8 Å². The zero-order valence-electron chi connectivity index (χ0n) is 34.8. The van der Waals surface area contributed by atoms with E-state index >= 15 is 0 Å². The molecule has 5 nitrogen and oxygen atoms in total. The number of rotatable bonds is 42. The SMILES string of the molecule is CCCCCCCCCCCCCCSCC(=O)SC(COC(=O)CCCCCCCCCCCC)COC(=O)CCCCCCCCCCCC. The first-order chi connectivity index (χ1) is 25.5. The van der Waals surface area contributed by atoms with Gasteiger partial charge >= 0.3 is 11.9 Å². The van der Waals surface area contributed by atoms with Crippen molar-refractivity contribution in [3.05, 3.63) is 0 Å². The van der Waals surface area contributed by atoms with Crippen molar-refractivity contribution in [1.82, 2.24) is 0 Å². The van der Waals surface area contributed by atoms with E-state index < -0.39 is 0 Å². The highest BCUT2D eigenvalue weighted by Gasteiger charge is 2.19. The van der Waals surface area contributed by atoms with Gasteiger partial charge in [0, 0.05) is 12.8 Å². The summed E-state index contributed by atoms with van der Waals surface area (Å²) >= 11 is 2.88. The van der Waals surface area contributed by atoms with Gasteiger partial charge in [-0.3, -0.25) is 14.4 Å². The summed E-state index contributed by atoms with van der Waals surface area (Å²) < 4.78 is 11.2. The van der Waals surface area contributed by atoms with Crippen LogP contribution in [0.1, 0.15) is 239 Å². The molecule has 308 valence electrons. The molecule has 0 rings (SSSR count). The number of hydrogen-bond acceptors (Lipinski definition) is 7. The van der Waals surface area contributed by atoms with Crippen LogP contribution in [0.25, 0.3) is 0 Å². The number of ether oxygens (including phenoxy) is 2. The van der Waals surface area contributed by atoms with Crippen molar-refractivity contribution in [3.8, 4) is 0 Å². The van der Waals surface area contributed by atoms with E-state index in [1.54, 1.807) is 11.8 Å². The van der Waals surface area contributed by atoms with Gasteiger partial charge in [-0.15, -0.1) is 0 Å². The Kier molecular flexibility index (Phi) is 42.5. The summed E-state index contributed by atoms with van der Waals surface area (Å²) in [5.74, 6) is 1.01. The lowest BCUT2D eigenvalue weighted by Crippen LogP contribution is -2.25.